The normalized spacial score (nSPS) is 11.8. The Labute approximate surface area is 85.9 Å². The molecule has 68 valence electrons. The fourth-order valence-corrected chi connectivity index (χ4v) is 0.905. The molecule has 1 heterocycles. The Kier molecular flexibility index (Phi) is 3.81. The number of pyridine rings is 1. The maximum Gasteiger partial charge on any atom is 0.154 e. The Morgan fingerprint density at radius 1 is 1.62 bits per heavy atom. The van der Waals surface area contributed by atoms with E-state index in [1.807, 2.05) is 6.07 Å². The second-order valence-corrected chi connectivity index (χ2v) is 3.21. The smallest absolute Gasteiger partial charge is 0.154 e. The van der Waals surface area contributed by atoms with Crippen LogP contribution in [0.25, 0.3) is 0 Å². The van der Waals surface area contributed by atoms with Crippen LogP contribution < -0.4 is 4.74 Å². The van der Waals surface area contributed by atoms with Crippen molar-refractivity contribution >= 4 is 23.2 Å². The van der Waals surface area contributed by atoms with Crippen LogP contribution in [-0.2, 0) is 0 Å². The van der Waals surface area contributed by atoms with Crippen LogP contribution in [0.5, 0.6) is 5.75 Å². The van der Waals surface area contributed by atoms with Gasteiger partial charge in [0.1, 0.15) is 12.4 Å². The van der Waals surface area contributed by atoms with Gasteiger partial charge in [-0.05, 0) is 0 Å². The van der Waals surface area contributed by atoms with Crippen LogP contribution in [0.2, 0.25) is 5.02 Å². The standard InChI is InChI=1S/C8H6Cl2N2O/c9-6-1-8(4-12-3-6)13-5-7(10)2-11/h1,3-4,7H,5H2. The molecule has 0 saturated heterocycles. The molecule has 13 heavy (non-hydrogen) atoms. The van der Waals surface area contributed by atoms with E-state index in [9.17, 15) is 0 Å². The van der Waals surface area contributed by atoms with Gasteiger partial charge in [0.15, 0.2) is 5.38 Å². The van der Waals surface area contributed by atoms with Gasteiger partial charge in [0.25, 0.3) is 0 Å². The van der Waals surface area contributed by atoms with E-state index >= 15 is 0 Å². The number of halogens is 2. The van der Waals surface area contributed by atoms with E-state index in [2.05, 4.69) is 4.98 Å². The van der Waals surface area contributed by atoms with E-state index in [4.69, 9.17) is 33.2 Å². The van der Waals surface area contributed by atoms with Crippen molar-refractivity contribution in [2.24, 2.45) is 0 Å². The maximum absolute atomic E-state index is 8.36. The molecule has 0 amide bonds. The highest BCUT2D eigenvalue weighted by Crippen LogP contribution is 2.15. The summed E-state index contributed by atoms with van der Waals surface area (Å²) in [5.41, 5.74) is 0. The van der Waals surface area contributed by atoms with E-state index < -0.39 is 5.38 Å². The molecule has 1 aromatic rings. The number of aromatic nitrogens is 1. The Balaban J connectivity index is 2.51. The zero-order chi connectivity index (χ0) is 9.68. The average Bonchev–Trinajstić information content (AvgIpc) is 2.14. The lowest BCUT2D eigenvalue weighted by atomic mass is 10.4. The van der Waals surface area contributed by atoms with E-state index in [0.717, 1.165) is 0 Å². The lowest BCUT2D eigenvalue weighted by Crippen LogP contribution is -2.09. The van der Waals surface area contributed by atoms with Gasteiger partial charge in [-0.2, -0.15) is 5.26 Å². The van der Waals surface area contributed by atoms with E-state index in [-0.39, 0.29) is 6.61 Å². The maximum atomic E-state index is 8.36. The predicted molar refractivity (Wildman–Crippen MR) is 50.0 cm³/mol. The van der Waals surface area contributed by atoms with Gasteiger partial charge in [0, 0.05) is 12.3 Å². The van der Waals surface area contributed by atoms with E-state index in [0.29, 0.717) is 10.8 Å². The van der Waals surface area contributed by atoms with Crippen LogP contribution >= 0.6 is 23.2 Å². The van der Waals surface area contributed by atoms with Crippen molar-refractivity contribution in [3.05, 3.63) is 23.5 Å². The average molecular weight is 217 g/mol. The first-order valence-electron chi connectivity index (χ1n) is 3.49. The van der Waals surface area contributed by atoms with Crippen molar-refractivity contribution in [1.82, 2.24) is 4.98 Å². The molecule has 0 N–H and O–H groups in total. The summed E-state index contributed by atoms with van der Waals surface area (Å²) >= 11 is 11.2. The van der Waals surface area contributed by atoms with Gasteiger partial charge in [0.05, 0.1) is 17.3 Å². The molecule has 0 radical (unpaired) electrons. The summed E-state index contributed by atoms with van der Waals surface area (Å²) < 4.78 is 5.14. The van der Waals surface area contributed by atoms with Gasteiger partial charge in [-0.3, -0.25) is 4.98 Å². The highest BCUT2D eigenvalue weighted by atomic mass is 35.5. The summed E-state index contributed by atoms with van der Waals surface area (Å²) in [6, 6.07) is 3.44. The molecule has 1 aromatic heterocycles. The first-order chi connectivity index (χ1) is 6.22. The molecule has 0 aliphatic rings. The monoisotopic (exact) mass is 216 g/mol. The minimum Gasteiger partial charge on any atom is -0.489 e. The molecule has 0 aromatic carbocycles. The van der Waals surface area contributed by atoms with Crippen LogP contribution in [0.15, 0.2) is 18.5 Å². The van der Waals surface area contributed by atoms with Crippen molar-refractivity contribution < 1.29 is 4.74 Å². The summed E-state index contributed by atoms with van der Waals surface area (Å²) in [5, 5.41) is 8.20. The summed E-state index contributed by atoms with van der Waals surface area (Å²) in [7, 11) is 0. The van der Waals surface area contributed by atoms with Crippen LogP contribution in [0.1, 0.15) is 0 Å². The first-order valence-corrected chi connectivity index (χ1v) is 4.31. The van der Waals surface area contributed by atoms with Crippen LogP contribution in [0.4, 0.5) is 0 Å². The number of nitrogens with zero attached hydrogens (tertiary/aromatic N) is 2. The minimum atomic E-state index is -0.654. The number of rotatable bonds is 3. The molecule has 1 unspecified atom stereocenters. The Morgan fingerprint density at radius 3 is 3.00 bits per heavy atom. The topological polar surface area (TPSA) is 45.9 Å². The molecule has 3 nitrogen and oxygen atoms in total. The molecular weight excluding hydrogens is 211 g/mol. The number of alkyl halides is 1. The summed E-state index contributed by atoms with van der Waals surface area (Å²) in [4.78, 5) is 3.81. The van der Waals surface area contributed by atoms with Crippen LogP contribution in [0.3, 0.4) is 0 Å². The van der Waals surface area contributed by atoms with Crippen molar-refractivity contribution in [1.29, 1.82) is 5.26 Å². The van der Waals surface area contributed by atoms with Crippen molar-refractivity contribution in [2.45, 2.75) is 5.38 Å². The summed E-state index contributed by atoms with van der Waals surface area (Å²) in [6.07, 6.45) is 3.00. The third-order valence-corrected chi connectivity index (χ3v) is 1.65. The molecule has 5 heteroatoms. The molecule has 0 fully saturated rings. The van der Waals surface area contributed by atoms with Gasteiger partial charge in [-0.25, -0.2) is 0 Å². The highest BCUT2D eigenvalue weighted by molar-refractivity contribution is 6.30. The second kappa shape index (κ2) is 4.90. The lowest BCUT2D eigenvalue weighted by Gasteiger charge is -2.04. The molecule has 0 aliphatic heterocycles. The van der Waals surface area contributed by atoms with E-state index in [1.54, 1.807) is 6.07 Å². The first kappa shape index (κ1) is 10.1. The molecule has 1 atom stereocenters. The lowest BCUT2D eigenvalue weighted by molar-refractivity contribution is 0.327. The fraction of sp³-hybridized carbons (Fsp3) is 0.250. The van der Waals surface area contributed by atoms with E-state index in [1.165, 1.54) is 12.4 Å². The molecule has 0 aliphatic carbocycles. The van der Waals surface area contributed by atoms with Crippen molar-refractivity contribution in [2.75, 3.05) is 6.61 Å². The fourth-order valence-electron chi connectivity index (χ4n) is 0.678. The Bertz CT molecular complexity index is 324. The number of ether oxygens (including phenoxy) is 1. The number of nitriles is 1. The predicted octanol–water partition coefficient (Wildman–Crippen LogP) is 2.24. The molecule has 0 saturated carbocycles. The molecule has 0 spiro atoms. The van der Waals surface area contributed by atoms with Crippen LogP contribution in [-0.4, -0.2) is 17.0 Å². The van der Waals surface area contributed by atoms with Gasteiger partial charge >= 0.3 is 0 Å². The molecule has 1 rings (SSSR count). The van der Waals surface area contributed by atoms with Gasteiger partial charge in [0.2, 0.25) is 0 Å². The van der Waals surface area contributed by atoms with Gasteiger partial charge in [-0.1, -0.05) is 11.6 Å². The SMILES string of the molecule is N#CC(Cl)COc1cncc(Cl)c1. The van der Waals surface area contributed by atoms with Crippen molar-refractivity contribution in [3.63, 3.8) is 0 Å². The number of hydrogen-bond acceptors (Lipinski definition) is 3. The summed E-state index contributed by atoms with van der Waals surface area (Å²) in [6.45, 7) is 0.125. The third-order valence-electron chi connectivity index (χ3n) is 1.22. The van der Waals surface area contributed by atoms with Crippen molar-refractivity contribution in [3.8, 4) is 11.8 Å². The zero-order valence-electron chi connectivity index (χ0n) is 6.58. The highest BCUT2D eigenvalue weighted by Gasteiger charge is 2.03. The minimum absolute atomic E-state index is 0.125. The third kappa shape index (κ3) is 3.49. The zero-order valence-corrected chi connectivity index (χ0v) is 8.09. The van der Waals surface area contributed by atoms with Gasteiger partial charge < -0.3 is 4.74 Å². The number of hydrogen-bond donors (Lipinski definition) is 0. The van der Waals surface area contributed by atoms with Gasteiger partial charge in [-0.15, -0.1) is 11.6 Å². The largest absolute Gasteiger partial charge is 0.489 e. The van der Waals surface area contributed by atoms with Crippen LogP contribution in [0, 0.1) is 11.3 Å². The Morgan fingerprint density at radius 2 is 2.38 bits per heavy atom. The summed E-state index contributed by atoms with van der Waals surface area (Å²) in [5.74, 6) is 0.508. The second-order valence-electron chi connectivity index (χ2n) is 2.25. The molecule has 0 bridgehead atoms. The molecular formula is C8H6Cl2N2O. The quantitative estimate of drug-likeness (QED) is 0.729. The Hall–Kier alpha value is -0.980.